The average molecular weight is 493 g/mol. The molecular weight excluding hydrogens is 454 g/mol. The molecule has 5 nitrogen and oxygen atoms in total. The predicted molar refractivity (Wildman–Crippen MR) is 135 cm³/mol. The van der Waals surface area contributed by atoms with Crippen molar-refractivity contribution in [3.8, 4) is 11.5 Å². The summed E-state index contributed by atoms with van der Waals surface area (Å²) < 4.78 is 40.9. The molecule has 0 saturated carbocycles. The molecule has 0 saturated heterocycles. The zero-order valence-corrected chi connectivity index (χ0v) is 22.1. The fraction of sp³-hybridized carbons (Fsp3) is 0.500. The molecule has 2 aromatic carbocycles. The first kappa shape index (κ1) is 27.9. The van der Waals surface area contributed by atoms with Gasteiger partial charge in [-0.3, -0.25) is 4.79 Å². The van der Waals surface area contributed by atoms with E-state index in [1.165, 1.54) is 12.1 Å². The van der Waals surface area contributed by atoms with Gasteiger partial charge in [0.2, 0.25) is 5.91 Å². The molecule has 188 valence electrons. The number of hydrogen-bond acceptors (Lipinski definition) is 4. The van der Waals surface area contributed by atoms with Crippen molar-refractivity contribution in [2.75, 3.05) is 19.7 Å². The van der Waals surface area contributed by atoms with Crippen LogP contribution >= 0.6 is 0 Å². The number of benzene rings is 2. The first-order valence-electron chi connectivity index (χ1n) is 11.8. The quantitative estimate of drug-likeness (QED) is 0.269. The third-order valence-electron chi connectivity index (χ3n) is 6.26. The van der Waals surface area contributed by atoms with E-state index in [2.05, 4.69) is 44.5 Å². The summed E-state index contributed by atoms with van der Waals surface area (Å²) in [6.45, 7) is 14.1. The molecule has 0 aliphatic rings. The predicted octanol–water partition coefficient (Wildman–Crippen LogP) is 6.33. The first-order chi connectivity index (χ1) is 16.0. The van der Waals surface area contributed by atoms with E-state index in [1.807, 2.05) is 6.92 Å². The summed E-state index contributed by atoms with van der Waals surface area (Å²) in [6, 6.07) is 10.8. The normalized spacial score (nSPS) is 12.9. The topological polar surface area (TPSA) is 59.6 Å². The van der Waals surface area contributed by atoms with Crippen LogP contribution in [0.3, 0.4) is 0 Å². The minimum absolute atomic E-state index is 0.103. The number of nitrogens with one attached hydrogen (secondary N) is 2. The monoisotopic (exact) mass is 492 g/mol. The number of halogens is 2. The summed E-state index contributed by atoms with van der Waals surface area (Å²) in [5, 5.41) is 6.19. The molecule has 2 rings (SSSR count). The Morgan fingerprint density at radius 1 is 1.06 bits per heavy atom. The molecule has 1 atom stereocenters. The molecular formula is C26H38F2N2O3Si. The Labute approximate surface area is 203 Å². The van der Waals surface area contributed by atoms with E-state index < -0.39 is 25.7 Å². The Bertz CT molecular complexity index is 934. The SMILES string of the molecule is CC[C@@H](NCCC(=O)NCCO[Si](C)(C)C(C)(C)C)c1ccc(F)c(Oc2ccccc2)c1F. The molecule has 0 bridgehead atoms. The van der Waals surface area contributed by atoms with Crippen LogP contribution in [0.2, 0.25) is 18.1 Å². The van der Waals surface area contributed by atoms with Crippen LogP contribution in [-0.2, 0) is 9.22 Å². The highest BCUT2D eigenvalue weighted by molar-refractivity contribution is 6.74. The molecule has 0 heterocycles. The number of hydrogen-bond donors (Lipinski definition) is 2. The van der Waals surface area contributed by atoms with Crippen LogP contribution in [0.25, 0.3) is 0 Å². The Balaban J connectivity index is 1.87. The van der Waals surface area contributed by atoms with Gasteiger partial charge in [0.25, 0.3) is 0 Å². The lowest BCUT2D eigenvalue weighted by atomic mass is 10.0. The fourth-order valence-electron chi connectivity index (χ4n) is 3.15. The van der Waals surface area contributed by atoms with Gasteiger partial charge in [0.05, 0.1) is 6.61 Å². The standard InChI is InChI=1S/C26H38F2N2O3Si/c1-7-22(29-16-15-23(31)30-17-18-32-34(5,6)26(2,3)4)20-13-14-21(27)25(24(20)28)33-19-11-9-8-10-12-19/h8-14,22,29H,7,15-18H2,1-6H3,(H,30,31)/t22-/m1/s1. The van der Waals surface area contributed by atoms with Crippen LogP contribution in [0.5, 0.6) is 11.5 Å². The van der Waals surface area contributed by atoms with Crippen LogP contribution in [0.4, 0.5) is 8.78 Å². The second-order valence-corrected chi connectivity index (χ2v) is 14.6. The summed E-state index contributed by atoms with van der Waals surface area (Å²) in [5.41, 5.74) is 0.304. The Morgan fingerprint density at radius 3 is 2.35 bits per heavy atom. The van der Waals surface area contributed by atoms with E-state index in [-0.39, 0.29) is 23.4 Å². The van der Waals surface area contributed by atoms with Gasteiger partial charge in [-0.05, 0) is 42.8 Å². The van der Waals surface area contributed by atoms with Gasteiger partial charge in [0, 0.05) is 31.1 Å². The Morgan fingerprint density at radius 2 is 1.74 bits per heavy atom. The summed E-state index contributed by atoms with van der Waals surface area (Å²) >= 11 is 0. The second kappa shape index (κ2) is 12.4. The second-order valence-electron chi connectivity index (χ2n) is 9.82. The zero-order chi connectivity index (χ0) is 25.4. The molecule has 1 amide bonds. The summed E-state index contributed by atoms with van der Waals surface area (Å²) in [5.74, 6) is -1.68. The molecule has 34 heavy (non-hydrogen) atoms. The van der Waals surface area contributed by atoms with Gasteiger partial charge in [-0.15, -0.1) is 0 Å². The van der Waals surface area contributed by atoms with Crippen molar-refractivity contribution in [2.45, 2.75) is 64.7 Å². The van der Waals surface area contributed by atoms with Crippen LogP contribution < -0.4 is 15.4 Å². The highest BCUT2D eigenvalue weighted by Gasteiger charge is 2.36. The molecule has 2 aromatic rings. The minimum Gasteiger partial charge on any atom is -0.451 e. The molecule has 0 radical (unpaired) electrons. The number of rotatable bonds is 12. The van der Waals surface area contributed by atoms with Gasteiger partial charge in [-0.1, -0.05) is 52.0 Å². The molecule has 0 aliphatic heterocycles. The Hall–Kier alpha value is -2.29. The number of carbonyl (C=O) groups is 1. The lowest BCUT2D eigenvalue weighted by Crippen LogP contribution is -2.42. The van der Waals surface area contributed by atoms with Gasteiger partial charge in [0.1, 0.15) is 5.75 Å². The van der Waals surface area contributed by atoms with Crippen LogP contribution in [0.15, 0.2) is 42.5 Å². The van der Waals surface area contributed by atoms with Crippen molar-refractivity contribution in [1.82, 2.24) is 10.6 Å². The Kier molecular flexibility index (Phi) is 10.2. The van der Waals surface area contributed by atoms with Gasteiger partial charge >= 0.3 is 0 Å². The van der Waals surface area contributed by atoms with E-state index in [9.17, 15) is 9.18 Å². The maximum atomic E-state index is 15.1. The van der Waals surface area contributed by atoms with Crippen LogP contribution in [0.1, 0.15) is 52.1 Å². The van der Waals surface area contributed by atoms with E-state index >= 15 is 4.39 Å². The molecule has 0 fully saturated rings. The summed E-state index contributed by atoms with van der Waals surface area (Å²) in [4.78, 5) is 12.2. The van der Waals surface area contributed by atoms with Crippen LogP contribution in [-0.4, -0.2) is 33.9 Å². The van der Waals surface area contributed by atoms with Crippen molar-refractivity contribution in [1.29, 1.82) is 0 Å². The van der Waals surface area contributed by atoms with E-state index in [4.69, 9.17) is 9.16 Å². The number of ether oxygens (including phenoxy) is 1. The van der Waals surface area contributed by atoms with Crippen molar-refractivity contribution in [3.63, 3.8) is 0 Å². The zero-order valence-electron chi connectivity index (χ0n) is 21.1. The lowest BCUT2D eigenvalue weighted by Gasteiger charge is -2.36. The van der Waals surface area contributed by atoms with Gasteiger partial charge < -0.3 is 19.8 Å². The molecule has 2 N–H and O–H groups in total. The summed E-state index contributed by atoms with van der Waals surface area (Å²) in [6.07, 6.45) is 0.808. The largest absolute Gasteiger partial charge is 0.451 e. The molecule has 8 heteroatoms. The highest BCUT2D eigenvalue weighted by atomic mass is 28.4. The van der Waals surface area contributed by atoms with Crippen molar-refractivity contribution >= 4 is 14.2 Å². The maximum Gasteiger partial charge on any atom is 0.221 e. The first-order valence-corrected chi connectivity index (χ1v) is 14.7. The highest BCUT2D eigenvalue weighted by Crippen LogP contribution is 2.36. The smallest absolute Gasteiger partial charge is 0.221 e. The maximum absolute atomic E-state index is 15.1. The van der Waals surface area contributed by atoms with Crippen LogP contribution in [0, 0.1) is 11.6 Å². The number of amides is 1. The van der Waals surface area contributed by atoms with Gasteiger partial charge in [-0.2, -0.15) is 0 Å². The third kappa shape index (κ3) is 7.89. The van der Waals surface area contributed by atoms with Crippen molar-refractivity contribution in [3.05, 3.63) is 59.7 Å². The average Bonchev–Trinajstić information content (AvgIpc) is 2.78. The number of para-hydroxylation sites is 1. The van der Waals surface area contributed by atoms with E-state index in [0.29, 0.717) is 37.4 Å². The van der Waals surface area contributed by atoms with Gasteiger partial charge in [0.15, 0.2) is 25.7 Å². The van der Waals surface area contributed by atoms with Gasteiger partial charge in [-0.25, -0.2) is 8.78 Å². The van der Waals surface area contributed by atoms with E-state index in [0.717, 1.165) is 0 Å². The van der Waals surface area contributed by atoms with E-state index in [1.54, 1.807) is 30.3 Å². The lowest BCUT2D eigenvalue weighted by molar-refractivity contribution is -0.121. The minimum atomic E-state index is -1.83. The number of carbonyl (C=O) groups excluding carboxylic acids is 1. The fourth-order valence-corrected chi connectivity index (χ4v) is 4.20. The molecule has 0 aliphatic carbocycles. The molecule has 0 spiro atoms. The third-order valence-corrected chi connectivity index (χ3v) is 10.8. The summed E-state index contributed by atoms with van der Waals surface area (Å²) in [7, 11) is -1.83. The molecule has 0 aromatic heterocycles. The molecule has 0 unspecified atom stereocenters. The van der Waals surface area contributed by atoms with Crippen molar-refractivity contribution < 1.29 is 22.7 Å². The van der Waals surface area contributed by atoms with Crippen molar-refractivity contribution in [2.24, 2.45) is 0 Å².